The van der Waals surface area contributed by atoms with Crippen molar-refractivity contribution in [3.63, 3.8) is 0 Å². The molecule has 4 heteroatoms. The second-order valence-corrected chi connectivity index (χ2v) is 5.03. The second kappa shape index (κ2) is 5.00. The molecule has 2 fully saturated rings. The maximum Gasteiger partial charge on any atom is 0.0620 e. The molecule has 1 heterocycles. The zero-order chi connectivity index (χ0) is 11.6. The number of ether oxygens (including phenoxy) is 2. The van der Waals surface area contributed by atoms with Crippen LogP contribution in [0.4, 0.5) is 0 Å². The summed E-state index contributed by atoms with van der Waals surface area (Å²) in [6.45, 7) is 8.51. The van der Waals surface area contributed by atoms with Crippen LogP contribution < -0.4 is 5.73 Å². The van der Waals surface area contributed by atoms with E-state index in [4.69, 9.17) is 15.2 Å². The quantitative estimate of drug-likeness (QED) is 0.765. The Hall–Kier alpha value is -0.160. The van der Waals surface area contributed by atoms with Gasteiger partial charge in [0.15, 0.2) is 0 Å². The average Bonchev–Trinajstić information content (AvgIpc) is 2.24. The van der Waals surface area contributed by atoms with Gasteiger partial charge in [0.25, 0.3) is 0 Å². The maximum absolute atomic E-state index is 5.98. The Morgan fingerprint density at radius 2 is 2.25 bits per heavy atom. The van der Waals surface area contributed by atoms with Gasteiger partial charge in [0.1, 0.15) is 0 Å². The van der Waals surface area contributed by atoms with Gasteiger partial charge in [0.05, 0.1) is 19.3 Å². The Labute approximate surface area is 98.1 Å². The van der Waals surface area contributed by atoms with Gasteiger partial charge >= 0.3 is 0 Å². The lowest BCUT2D eigenvalue weighted by Crippen LogP contribution is -2.68. The number of nitrogens with two attached hydrogens (primary N) is 1. The topological polar surface area (TPSA) is 47.7 Å². The van der Waals surface area contributed by atoms with Crippen molar-refractivity contribution in [2.75, 3.05) is 32.9 Å². The van der Waals surface area contributed by atoms with Gasteiger partial charge in [0, 0.05) is 31.3 Å². The molecule has 0 spiro atoms. The normalized spacial score (nSPS) is 40.7. The first-order valence-corrected chi connectivity index (χ1v) is 6.38. The van der Waals surface area contributed by atoms with E-state index in [0.29, 0.717) is 12.1 Å². The van der Waals surface area contributed by atoms with E-state index in [1.807, 2.05) is 0 Å². The zero-order valence-corrected chi connectivity index (χ0v) is 10.4. The fourth-order valence-corrected chi connectivity index (χ4v) is 3.09. The summed E-state index contributed by atoms with van der Waals surface area (Å²) in [5.74, 6) is 0. The molecule has 2 N–H and O–H groups in total. The van der Waals surface area contributed by atoms with Crippen molar-refractivity contribution in [2.45, 2.75) is 44.4 Å². The lowest BCUT2D eigenvalue weighted by molar-refractivity contribution is -0.140. The SMILES string of the molecule is CCOC1CC(CN)(N2CCOCC2C)C1. The number of nitrogens with zero attached hydrogens (tertiary/aromatic N) is 1. The number of morpholine rings is 1. The highest BCUT2D eigenvalue weighted by atomic mass is 16.5. The fourth-order valence-electron chi connectivity index (χ4n) is 3.09. The molecule has 1 atom stereocenters. The van der Waals surface area contributed by atoms with Crippen LogP contribution in [-0.2, 0) is 9.47 Å². The molecule has 4 nitrogen and oxygen atoms in total. The summed E-state index contributed by atoms with van der Waals surface area (Å²) in [7, 11) is 0. The van der Waals surface area contributed by atoms with Crippen LogP contribution in [0.3, 0.4) is 0 Å². The summed E-state index contributed by atoms with van der Waals surface area (Å²) in [5, 5.41) is 0. The van der Waals surface area contributed by atoms with Gasteiger partial charge in [-0.15, -0.1) is 0 Å². The summed E-state index contributed by atoms with van der Waals surface area (Å²) in [6, 6.07) is 0.486. The molecule has 1 saturated carbocycles. The van der Waals surface area contributed by atoms with Crippen molar-refractivity contribution < 1.29 is 9.47 Å². The largest absolute Gasteiger partial charge is 0.379 e. The molecule has 1 aliphatic heterocycles. The Balaban J connectivity index is 1.95. The minimum atomic E-state index is 0.184. The molecule has 0 aromatic heterocycles. The highest BCUT2D eigenvalue weighted by Gasteiger charge is 2.49. The Morgan fingerprint density at radius 3 is 2.81 bits per heavy atom. The molecular formula is C12H24N2O2. The Bertz CT molecular complexity index is 229. The van der Waals surface area contributed by atoms with Crippen LogP contribution in [0.5, 0.6) is 0 Å². The van der Waals surface area contributed by atoms with E-state index >= 15 is 0 Å². The molecule has 2 rings (SSSR count). The first-order valence-electron chi connectivity index (χ1n) is 6.38. The molecule has 2 aliphatic rings. The maximum atomic E-state index is 5.98. The van der Waals surface area contributed by atoms with E-state index < -0.39 is 0 Å². The fraction of sp³-hybridized carbons (Fsp3) is 1.00. The summed E-state index contributed by atoms with van der Waals surface area (Å²) in [4.78, 5) is 2.53. The zero-order valence-electron chi connectivity index (χ0n) is 10.4. The molecule has 0 bridgehead atoms. The van der Waals surface area contributed by atoms with Crippen LogP contribution in [0.2, 0.25) is 0 Å². The van der Waals surface area contributed by atoms with Crippen molar-refractivity contribution in [3.05, 3.63) is 0 Å². The molecule has 16 heavy (non-hydrogen) atoms. The van der Waals surface area contributed by atoms with Crippen molar-refractivity contribution in [1.82, 2.24) is 4.90 Å². The van der Waals surface area contributed by atoms with Crippen molar-refractivity contribution in [1.29, 1.82) is 0 Å². The molecule has 0 aromatic rings. The average molecular weight is 228 g/mol. The van der Waals surface area contributed by atoms with Crippen LogP contribution >= 0.6 is 0 Å². The van der Waals surface area contributed by atoms with Crippen molar-refractivity contribution >= 4 is 0 Å². The lowest BCUT2D eigenvalue weighted by Gasteiger charge is -2.56. The Kier molecular flexibility index (Phi) is 3.85. The van der Waals surface area contributed by atoms with E-state index in [1.165, 1.54) is 0 Å². The molecule has 1 aliphatic carbocycles. The van der Waals surface area contributed by atoms with Crippen LogP contribution in [0.25, 0.3) is 0 Å². The van der Waals surface area contributed by atoms with E-state index in [9.17, 15) is 0 Å². The molecule has 1 unspecified atom stereocenters. The molecule has 0 aromatic carbocycles. The van der Waals surface area contributed by atoms with E-state index in [-0.39, 0.29) is 5.54 Å². The first-order chi connectivity index (χ1) is 7.72. The molecule has 94 valence electrons. The van der Waals surface area contributed by atoms with E-state index in [1.54, 1.807) is 0 Å². The standard InChI is InChI=1S/C12H24N2O2/c1-3-16-11-6-12(7-11,9-13)14-4-5-15-8-10(14)2/h10-11H,3-9,13H2,1-2H3. The highest BCUT2D eigenvalue weighted by molar-refractivity contribution is 5.06. The Morgan fingerprint density at radius 1 is 1.50 bits per heavy atom. The van der Waals surface area contributed by atoms with Gasteiger partial charge < -0.3 is 15.2 Å². The van der Waals surface area contributed by atoms with Crippen LogP contribution in [0, 0.1) is 0 Å². The number of rotatable bonds is 4. The second-order valence-electron chi connectivity index (χ2n) is 5.03. The molecule has 1 saturated heterocycles. The predicted molar refractivity (Wildman–Crippen MR) is 63.4 cm³/mol. The molecule has 0 amide bonds. The monoisotopic (exact) mass is 228 g/mol. The smallest absolute Gasteiger partial charge is 0.0620 e. The van der Waals surface area contributed by atoms with Gasteiger partial charge in [-0.2, -0.15) is 0 Å². The van der Waals surface area contributed by atoms with Crippen LogP contribution in [-0.4, -0.2) is 55.5 Å². The lowest BCUT2D eigenvalue weighted by atomic mass is 9.72. The number of hydrogen-bond acceptors (Lipinski definition) is 4. The van der Waals surface area contributed by atoms with E-state index in [2.05, 4.69) is 18.7 Å². The van der Waals surface area contributed by atoms with Gasteiger partial charge in [-0.1, -0.05) is 0 Å². The van der Waals surface area contributed by atoms with Crippen molar-refractivity contribution in [2.24, 2.45) is 5.73 Å². The predicted octanol–water partition coefficient (Wildman–Crippen LogP) is 0.604. The van der Waals surface area contributed by atoms with Crippen LogP contribution in [0.15, 0.2) is 0 Å². The van der Waals surface area contributed by atoms with Gasteiger partial charge in [0.2, 0.25) is 0 Å². The van der Waals surface area contributed by atoms with Gasteiger partial charge in [-0.3, -0.25) is 4.90 Å². The third kappa shape index (κ3) is 2.12. The van der Waals surface area contributed by atoms with E-state index in [0.717, 1.165) is 45.8 Å². The van der Waals surface area contributed by atoms with Crippen LogP contribution in [0.1, 0.15) is 26.7 Å². The van der Waals surface area contributed by atoms with Gasteiger partial charge in [-0.25, -0.2) is 0 Å². The molecular weight excluding hydrogens is 204 g/mol. The highest BCUT2D eigenvalue weighted by Crippen LogP contribution is 2.40. The van der Waals surface area contributed by atoms with Crippen molar-refractivity contribution in [3.8, 4) is 0 Å². The first kappa shape index (κ1) is 12.3. The summed E-state index contributed by atoms with van der Waals surface area (Å²) in [6.07, 6.45) is 2.59. The third-order valence-corrected chi connectivity index (χ3v) is 3.97. The third-order valence-electron chi connectivity index (χ3n) is 3.97. The minimum absolute atomic E-state index is 0.184. The summed E-state index contributed by atoms with van der Waals surface area (Å²) < 4.78 is 11.1. The summed E-state index contributed by atoms with van der Waals surface area (Å²) >= 11 is 0. The minimum Gasteiger partial charge on any atom is -0.379 e. The summed E-state index contributed by atoms with van der Waals surface area (Å²) in [5.41, 5.74) is 6.17. The van der Waals surface area contributed by atoms with Gasteiger partial charge in [-0.05, 0) is 26.7 Å². The number of hydrogen-bond donors (Lipinski definition) is 1. The molecule has 0 radical (unpaired) electrons.